The van der Waals surface area contributed by atoms with E-state index in [0.717, 1.165) is 23.5 Å². The van der Waals surface area contributed by atoms with E-state index < -0.39 is 0 Å². The molecule has 12 heteroatoms. The molecular weight excluding hydrogens is 527 g/mol. The van der Waals surface area contributed by atoms with E-state index in [0.29, 0.717) is 47.2 Å². The van der Waals surface area contributed by atoms with Crippen LogP contribution in [0, 0.1) is 5.92 Å². The van der Waals surface area contributed by atoms with E-state index in [1.54, 1.807) is 29.3 Å². The quantitative estimate of drug-likeness (QED) is 0.360. The molecule has 38 heavy (non-hydrogen) atoms. The van der Waals surface area contributed by atoms with Gasteiger partial charge in [0, 0.05) is 43.9 Å². The maximum atomic E-state index is 12.7. The molecule has 0 radical (unpaired) electrons. The lowest BCUT2D eigenvalue weighted by Crippen LogP contribution is -2.56. The normalized spacial score (nSPS) is 18.2. The number of fused-ring (bicyclic) bond motifs is 1. The van der Waals surface area contributed by atoms with Crippen LogP contribution in [0.5, 0.6) is 0 Å². The molecule has 2 aliphatic rings. The van der Waals surface area contributed by atoms with Gasteiger partial charge in [-0.25, -0.2) is 9.78 Å². The summed E-state index contributed by atoms with van der Waals surface area (Å²) < 4.78 is 7.06. The summed E-state index contributed by atoms with van der Waals surface area (Å²) in [7, 11) is 0. The lowest BCUT2D eigenvalue weighted by molar-refractivity contribution is 0.103. The highest BCUT2D eigenvalue weighted by Crippen LogP contribution is 2.37. The van der Waals surface area contributed by atoms with Gasteiger partial charge in [0.25, 0.3) is 0 Å². The number of hydrogen-bond donors (Lipinski definition) is 1. The first-order valence-corrected chi connectivity index (χ1v) is 13.0. The van der Waals surface area contributed by atoms with Gasteiger partial charge >= 0.3 is 6.09 Å². The number of hydrogen-bond acceptors (Lipinski definition) is 8. The maximum absolute atomic E-state index is 12.7. The molecular formula is C26H24Cl2N8O2. The second kappa shape index (κ2) is 10.5. The van der Waals surface area contributed by atoms with Gasteiger partial charge in [-0.3, -0.25) is 0 Å². The summed E-state index contributed by atoms with van der Waals surface area (Å²) in [5, 5.41) is 16.0. The second-order valence-corrected chi connectivity index (χ2v) is 10.0. The fraction of sp³-hybridized carbons (Fsp3) is 0.269. The van der Waals surface area contributed by atoms with Crippen LogP contribution in [-0.2, 0) is 17.9 Å². The summed E-state index contributed by atoms with van der Waals surface area (Å²) >= 11 is 12.5. The zero-order chi connectivity index (χ0) is 26.1. The fourth-order valence-electron chi connectivity index (χ4n) is 4.96. The van der Waals surface area contributed by atoms with Crippen molar-refractivity contribution in [3.05, 3.63) is 88.0 Å². The molecule has 1 amide bonds. The molecule has 194 valence electrons. The number of carbonyl (C=O) groups excluding carboxylic acids is 1. The number of nitrogens with one attached hydrogen (secondary N) is 1. The maximum Gasteiger partial charge on any atom is 0.410 e. The third-order valence-corrected chi connectivity index (χ3v) is 7.72. The molecule has 4 aromatic rings. The smallest absolute Gasteiger partial charge is 0.410 e. The summed E-state index contributed by atoms with van der Waals surface area (Å²) in [6.07, 6.45) is 1.50. The molecule has 2 fully saturated rings. The molecule has 0 saturated carbocycles. The van der Waals surface area contributed by atoms with Crippen molar-refractivity contribution in [2.75, 3.05) is 29.9 Å². The van der Waals surface area contributed by atoms with Crippen molar-refractivity contribution >= 4 is 41.1 Å². The monoisotopic (exact) mass is 550 g/mol. The first-order valence-electron chi connectivity index (χ1n) is 12.2. The van der Waals surface area contributed by atoms with Crippen molar-refractivity contribution < 1.29 is 9.53 Å². The van der Waals surface area contributed by atoms with Gasteiger partial charge in [-0.05, 0) is 34.2 Å². The van der Waals surface area contributed by atoms with Crippen molar-refractivity contribution in [1.82, 2.24) is 30.1 Å². The minimum atomic E-state index is -0.280. The Bertz CT molecular complexity index is 1450. The van der Waals surface area contributed by atoms with Crippen LogP contribution >= 0.6 is 23.2 Å². The molecule has 0 aliphatic carbocycles. The van der Waals surface area contributed by atoms with E-state index in [9.17, 15) is 4.79 Å². The Labute approximate surface area is 229 Å². The van der Waals surface area contributed by atoms with Crippen LogP contribution in [0.3, 0.4) is 0 Å². The fourth-order valence-corrected chi connectivity index (χ4v) is 5.33. The Hall–Kier alpha value is -3.89. The van der Waals surface area contributed by atoms with Crippen LogP contribution in [0.25, 0.3) is 5.69 Å². The summed E-state index contributed by atoms with van der Waals surface area (Å²) in [6, 6.07) is 19.1. The molecule has 2 aromatic heterocycles. The van der Waals surface area contributed by atoms with E-state index >= 15 is 0 Å². The van der Waals surface area contributed by atoms with Crippen molar-refractivity contribution in [1.29, 1.82) is 0 Å². The molecule has 4 heterocycles. The van der Waals surface area contributed by atoms with Gasteiger partial charge in [0.15, 0.2) is 0 Å². The molecule has 2 saturated heterocycles. The van der Waals surface area contributed by atoms with E-state index in [1.807, 2.05) is 42.5 Å². The Morgan fingerprint density at radius 1 is 1.03 bits per heavy atom. The van der Waals surface area contributed by atoms with E-state index in [4.69, 9.17) is 27.9 Å². The van der Waals surface area contributed by atoms with Crippen LogP contribution in [0.2, 0.25) is 10.0 Å². The highest BCUT2D eigenvalue weighted by molar-refractivity contribution is 6.43. The third-order valence-electron chi connectivity index (χ3n) is 6.91. The van der Waals surface area contributed by atoms with Crippen LogP contribution in [0.4, 0.5) is 16.6 Å². The minimum Gasteiger partial charge on any atom is -0.445 e. The zero-order valence-corrected chi connectivity index (χ0v) is 21.8. The summed E-state index contributed by atoms with van der Waals surface area (Å²) in [6.45, 7) is 2.83. The highest BCUT2D eigenvalue weighted by Gasteiger charge is 2.48. The SMILES string of the molecule is O=C(OCc1ccccc1)N1C[C@H]2CN(c3ncccc3CNc3nnnn3-c3cccc(Cl)c3Cl)[C@H]2C1. The number of benzene rings is 2. The number of anilines is 2. The van der Waals surface area contributed by atoms with E-state index in [-0.39, 0.29) is 18.7 Å². The number of likely N-dealkylation sites (tertiary alicyclic amines) is 1. The van der Waals surface area contributed by atoms with Gasteiger partial charge in [0.1, 0.15) is 12.4 Å². The van der Waals surface area contributed by atoms with Gasteiger partial charge < -0.3 is 19.9 Å². The van der Waals surface area contributed by atoms with Gasteiger partial charge in [0.2, 0.25) is 5.95 Å². The third kappa shape index (κ3) is 4.72. The first-order chi connectivity index (χ1) is 18.6. The molecule has 2 atom stereocenters. The highest BCUT2D eigenvalue weighted by atomic mass is 35.5. The molecule has 2 aromatic carbocycles. The number of aromatic nitrogens is 5. The number of nitrogens with zero attached hydrogens (tertiary/aromatic N) is 7. The Kier molecular flexibility index (Phi) is 6.73. The molecule has 2 aliphatic heterocycles. The zero-order valence-electron chi connectivity index (χ0n) is 20.2. The number of halogens is 2. The Balaban J connectivity index is 1.11. The largest absolute Gasteiger partial charge is 0.445 e. The summed E-state index contributed by atoms with van der Waals surface area (Å²) in [4.78, 5) is 21.4. The number of carbonyl (C=O) groups is 1. The molecule has 10 nitrogen and oxygen atoms in total. The molecule has 6 rings (SSSR count). The van der Waals surface area contributed by atoms with Crippen molar-refractivity contribution in [2.24, 2.45) is 5.92 Å². The van der Waals surface area contributed by atoms with Gasteiger partial charge in [-0.15, -0.1) is 0 Å². The minimum absolute atomic E-state index is 0.198. The standard InChI is InChI=1S/C26H24Cl2N8O2/c27-20-9-4-10-21(23(20)28)36-25(31-32-33-36)30-12-18-8-5-11-29-24(18)35-14-19-13-34(15-22(19)35)26(37)38-16-17-6-2-1-3-7-17/h1-11,19,22H,12-16H2,(H,30,31,33)/t19-,22-/m0/s1. The second-order valence-electron chi connectivity index (χ2n) is 9.25. The van der Waals surface area contributed by atoms with Crippen LogP contribution in [0.15, 0.2) is 66.9 Å². The summed E-state index contributed by atoms with van der Waals surface area (Å²) in [5.41, 5.74) is 2.54. The summed E-state index contributed by atoms with van der Waals surface area (Å²) in [5.74, 6) is 1.69. The van der Waals surface area contributed by atoms with E-state index in [2.05, 4.69) is 30.7 Å². The van der Waals surface area contributed by atoms with Crippen LogP contribution in [0.1, 0.15) is 11.1 Å². The van der Waals surface area contributed by atoms with Gasteiger partial charge in [0.05, 0.1) is 21.8 Å². The molecule has 0 spiro atoms. The number of rotatable bonds is 7. The number of ether oxygens (including phenoxy) is 1. The van der Waals surface area contributed by atoms with Gasteiger partial charge in [-0.1, -0.05) is 70.8 Å². The van der Waals surface area contributed by atoms with Crippen LogP contribution in [-0.4, -0.2) is 61.9 Å². The first kappa shape index (κ1) is 24.4. The molecule has 0 bridgehead atoms. The topological polar surface area (TPSA) is 101 Å². The number of tetrazole rings is 1. The average Bonchev–Trinajstić information content (AvgIpc) is 3.53. The lowest BCUT2D eigenvalue weighted by Gasteiger charge is -2.45. The molecule has 0 unspecified atom stereocenters. The lowest BCUT2D eigenvalue weighted by atomic mass is 9.91. The predicted molar refractivity (Wildman–Crippen MR) is 144 cm³/mol. The van der Waals surface area contributed by atoms with Crippen LogP contribution < -0.4 is 10.2 Å². The van der Waals surface area contributed by atoms with Crippen molar-refractivity contribution in [3.63, 3.8) is 0 Å². The van der Waals surface area contributed by atoms with E-state index in [1.165, 1.54) is 4.68 Å². The predicted octanol–water partition coefficient (Wildman–Crippen LogP) is 4.43. The number of pyridine rings is 1. The average molecular weight is 551 g/mol. The Morgan fingerprint density at radius 3 is 2.76 bits per heavy atom. The van der Waals surface area contributed by atoms with Crippen molar-refractivity contribution in [2.45, 2.75) is 19.2 Å². The van der Waals surface area contributed by atoms with Gasteiger partial charge in [-0.2, -0.15) is 4.68 Å². The number of amides is 1. The molecule has 1 N–H and O–H groups in total. The Morgan fingerprint density at radius 2 is 1.89 bits per heavy atom. The van der Waals surface area contributed by atoms with Crippen molar-refractivity contribution in [3.8, 4) is 5.69 Å².